The molecule has 2 aromatic rings. The van der Waals surface area contributed by atoms with Crippen LogP contribution in [0.4, 0.5) is 0 Å². The van der Waals surface area contributed by atoms with E-state index < -0.39 is 5.97 Å². The van der Waals surface area contributed by atoms with Crippen LogP contribution in [-0.2, 0) is 6.42 Å². The molecule has 6 heteroatoms. The molecule has 1 atom stereocenters. The van der Waals surface area contributed by atoms with Crippen LogP contribution in [0.5, 0.6) is 5.75 Å². The van der Waals surface area contributed by atoms with Crippen molar-refractivity contribution >= 4 is 11.5 Å². The van der Waals surface area contributed by atoms with E-state index in [9.17, 15) is 4.79 Å². The number of ether oxygens (including phenoxy) is 1. The summed E-state index contributed by atoms with van der Waals surface area (Å²) in [4.78, 5) is 15.3. The molecule has 0 saturated heterocycles. The number of rotatable bonds is 4. The van der Waals surface area contributed by atoms with Gasteiger partial charge in [0.1, 0.15) is 11.6 Å². The number of methoxy groups -OCH3 is 1. The van der Waals surface area contributed by atoms with E-state index in [4.69, 9.17) is 15.6 Å². The minimum atomic E-state index is -1.06. The zero-order valence-corrected chi connectivity index (χ0v) is 10.3. The number of pyridine rings is 1. The lowest BCUT2D eigenvalue weighted by atomic mass is 10.2. The predicted molar refractivity (Wildman–Crippen MR) is 66.1 cm³/mol. The van der Waals surface area contributed by atoms with E-state index in [-0.39, 0.29) is 11.7 Å². The molecular formula is C12H15N3O3. The maximum Gasteiger partial charge on any atom is 0.356 e. The Morgan fingerprint density at radius 1 is 1.67 bits per heavy atom. The van der Waals surface area contributed by atoms with E-state index in [2.05, 4.69) is 4.98 Å². The van der Waals surface area contributed by atoms with Crippen molar-refractivity contribution in [3.05, 3.63) is 29.8 Å². The molecule has 96 valence electrons. The number of nitrogens with two attached hydrogens (primary N) is 1. The quantitative estimate of drug-likeness (QED) is 0.841. The normalized spacial score (nSPS) is 12.6. The van der Waals surface area contributed by atoms with Crippen LogP contribution in [0, 0.1) is 0 Å². The van der Waals surface area contributed by atoms with Crippen LogP contribution in [0.3, 0.4) is 0 Å². The summed E-state index contributed by atoms with van der Waals surface area (Å²) < 4.78 is 6.82. The second-order valence-electron chi connectivity index (χ2n) is 4.19. The van der Waals surface area contributed by atoms with Gasteiger partial charge in [0.05, 0.1) is 12.6 Å². The number of fused-ring (bicyclic) bond motifs is 1. The summed E-state index contributed by atoms with van der Waals surface area (Å²) in [6, 6.07) is 3.32. The lowest BCUT2D eigenvalue weighted by Gasteiger charge is -2.05. The van der Waals surface area contributed by atoms with Crippen molar-refractivity contribution in [3.8, 4) is 5.75 Å². The lowest BCUT2D eigenvalue weighted by Crippen LogP contribution is -2.19. The van der Waals surface area contributed by atoms with Crippen LogP contribution in [0.2, 0.25) is 0 Å². The van der Waals surface area contributed by atoms with Gasteiger partial charge < -0.3 is 20.0 Å². The summed E-state index contributed by atoms with van der Waals surface area (Å²) in [5.74, 6) is 0.175. The number of hydrogen-bond acceptors (Lipinski definition) is 4. The van der Waals surface area contributed by atoms with Gasteiger partial charge in [-0.1, -0.05) is 0 Å². The summed E-state index contributed by atoms with van der Waals surface area (Å²) in [7, 11) is 1.53. The molecule has 0 aliphatic rings. The molecular weight excluding hydrogens is 234 g/mol. The first kappa shape index (κ1) is 12.4. The van der Waals surface area contributed by atoms with Crippen LogP contribution in [-0.4, -0.2) is 33.6 Å². The number of carboxylic acids is 1. The third kappa shape index (κ3) is 2.14. The maximum absolute atomic E-state index is 11.2. The fourth-order valence-corrected chi connectivity index (χ4v) is 1.84. The van der Waals surface area contributed by atoms with Crippen molar-refractivity contribution in [2.45, 2.75) is 19.4 Å². The monoisotopic (exact) mass is 249 g/mol. The molecule has 0 aliphatic heterocycles. The first-order valence-corrected chi connectivity index (χ1v) is 5.56. The third-order valence-corrected chi connectivity index (χ3v) is 2.63. The third-order valence-electron chi connectivity index (χ3n) is 2.63. The molecule has 0 aromatic carbocycles. The molecule has 0 fully saturated rings. The summed E-state index contributed by atoms with van der Waals surface area (Å²) >= 11 is 0. The van der Waals surface area contributed by atoms with Gasteiger partial charge in [-0.15, -0.1) is 0 Å². The summed E-state index contributed by atoms with van der Waals surface area (Å²) in [5, 5.41) is 9.15. The van der Waals surface area contributed by atoms with Gasteiger partial charge in [-0.3, -0.25) is 0 Å². The van der Waals surface area contributed by atoms with E-state index in [1.54, 1.807) is 22.7 Å². The Labute approximate surface area is 104 Å². The van der Waals surface area contributed by atoms with Crippen molar-refractivity contribution in [2.75, 3.05) is 7.11 Å². The molecule has 6 nitrogen and oxygen atoms in total. The van der Waals surface area contributed by atoms with E-state index in [1.807, 2.05) is 6.92 Å². The summed E-state index contributed by atoms with van der Waals surface area (Å²) in [6.07, 6.45) is 2.26. The van der Waals surface area contributed by atoms with Crippen molar-refractivity contribution in [3.63, 3.8) is 0 Å². The smallest absolute Gasteiger partial charge is 0.356 e. The molecule has 0 bridgehead atoms. The molecule has 0 amide bonds. The Kier molecular flexibility index (Phi) is 3.20. The topological polar surface area (TPSA) is 89.9 Å². The summed E-state index contributed by atoms with van der Waals surface area (Å²) in [5.41, 5.74) is 6.26. The van der Waals surface area contributed by atoms with Crippen LogP contribution in [0.15, 0.2) is 18.3 Å². The standard InChI is InChI=1S/C12H15N3O3/c1-7(13)5-10-14-11(12(16)17)9-6-8(18-2)3-4-15(9)10/h3-4,6-7H,5,13H2,1-2H3,(H,16,17). The molecule has 0 radical (unpaired) electrons. The van der Waals surface area contributed by atoms with Crippen molar-refractivity contribution in [2.24, 2.45) is 5.73 Å². The fraction of sp³-hybridized carbons (Fsp3) is 0.333. The Bertz CT molecular complexity index is 590. The predicted octanol–water partition coefficient (Wildman–Crippen LogP) is 0.931. The number of nitrogens with zero attached hydrogens (tertiary/aromatic N) is 2. The van der Waals surface area contributed by atoms with Gasteiger partial charge in [0.2, 0.25) is 0 Å². The van der Waals surface area contributed by atoms with Crippen LogP contribution >= 0.6 is 0 Å². The second-order valence-corrected chi connectivity index (χ2v) is 4.19. The van der Waals surface area contributed by atoms with Crippen LogP contribution in [0.1, 0.15) is 23.2 Å². The second kappa shape index (κ2) is 4.66. The number of carbonyl (C=O) groups is 1. The first-order chi connectivity index (χ1) is 8.52. The zero-order valence-electron chi connectivity index (χ0n) is 10.3. The zero-order chi connectivity index (χ0) is 13.3. The summed E-state index contributed by atoms with van der Waals surface area (Å²) in [6.45, 7) is 1.85. The molecule has 2 rings (SSSR count). The van der Waals surface area contributed by atoms with Crippen LogP contribution < -0.4 is 10.5 Å². The Hall–Kier alpha value is -2.08. The van der Waals surface area contributed by atoms with E-state index in [1.165, 1.54) is 7.11 Å². The number of imidazole rings is 1. The highest BCUT2D eigenvalue weighted by Crippen LogP contribution is 2.20. The Morgan fingerprint density at radius 3 is 2.94 bits per heavy atom. The molecule has 0 aliphatic carbocycles. The average Bonchev–Trinajstić information content (AvgIpc) is 2.66. The van der Waals surface area contributed by atoms with Crippen molar-refractivity contribution in [1.29, 1.82) is 0 Å². The van der Waals surface area contributed by atoms with Gasteiger partial charge in [-0.05, 0) is 13.0 Å². The number of hydrogen-bond donors (Lipinski definition) is 2. The van der Waals surface area contributed by atoms with E-state index in [0.29, 0.717) is 23.5 Å². The largest absolute Gasteiger partial charge is 0.497 e. The SMILES string of the molecule is COc1ccn2c(CC(C)N)nc(C(=O)O)c2c1. The van der Waals surface area contributed by atoms with E-state index in [0.717, 1.165) is 0 Å². The molecule has 0 spiro atoms. The average molecular weight is 249 g/mol. The van der Waals surface area contributed by atoms with Crippen molar-refractivity contribution < 1.29 is 14.6 Å². The lowest BCUT2D eigenvalue weighted by molar-refractivity contribution is 0.0693. The van der Waals surface area contributed by atoms with Gasteiger partial charge in [-0.25, -0.2) is 9.78 Å². The van der Waals surface area contributed by atoms with Gasteiger partial charge in [0, 0.05) is 24.7 Å². The molecule has 2 aromatic heterocycles. The van der Waals surface area contributed by atoms with Crippen LogP contribution in [0.25, 0.3) is 5.52 Å². The molecule has 18 heavy (non-hydrogen) atoms. The highest BCUT2D eigenvalue weighted by atomic mass is 16.5. The van der Waals surface area contributed by atoms with Gasteiger partial charge in [0.25, 0.3) is 0 Å². The minimum Gasteiger partial charge on any atom is -0.497 e. The van der Waals surface area contributed by atoms with Crippen molar-refractivity contribution in [1.82, 2.24) is 9.38 Å². The maximum atomic E-state index is 11.2. The van der Waals surface area contributed by atoms with Gasteiger partial charge in [-0.2, -0.15) is 0 Å². The van der Waals surface area contributed by atoms with Gasteiger partial charge >= 0.3 is 5.97 Å². The molecule has 1 unspecified atom stereocenters. The minimum absolute atomic E-state index is 0.0181. The highest BCUT2D eigenvalue weighted by molar-refractivity contribution is 5.94. The Morgan fingerprint density at radius 2 is 2.39 bits per heavy atom. The molecule has 2 heterocycles. The number of carboxylic acid groups (broad SMARTS) is 1. The highest BCUT2D eigenvalue weighted by Gasteiger charge is 2.17. The number of aromatic carboxylic acids is 1. The van der Waals surface area contributed by atoms with E-state index >= 15 is 0 Å². The number of aromatic nitrogens is 2. The Balaban J connectivity index is 2.64. The van der Waals surface area contributed by atoms with Gasteiger partial charge in [0.15, 0.2) is 5.69 Å². The fourth-order valence-electron chi connectivity index (χ4n) is 1.84. The molecule has 3 N–H and O–H groups in total. The molecule has 0 saturated carbocycles. The first-order valence-electron chi connectivity index (χ1n) is 5.56.